The largest absolute Gasteiger partial charge is 0.490 e. The average Bonchev–Trinajstić information content (AvgIpc) is 2.79. The molecule has 2 rings (SSSR count). The number of hydrogen-bond donors (Lipinski definition) is 0. The van der Waals surface area contributed by atoms with Crippen molar-refractivity contribution in [2.75, 3.05) is 6.61 Å². The van der Waals surface area contributed by atoms with Crippen molar-refractivity contribution < 1.29 is 17.9 Å². The van der Waals surface area contributed by atoms with Crippen molar-refractivity contribution in [3.63, 3.8) is 0 Å². The van der Waals surface area contributed by atoms with Gasteiger partial charge in [-0.1, -0.05) is 64.9 Å². The number of ether oxygens (including phenoxy) is 1. The van der Waals surface area contributed by atoms with Crippen LogP contribution in [0.1, 0.15) is 83.6 Å². The van der Waals surface area contributed by atoms with Crippen LogP contribution in [0, 0.1) is 11.6 Å². The van der Waals surface area contributed by atoms with Crippen LogP contribution in [0.2, 0.25) is 0 Å². The molecule has 172 valence electrons. The molecule has 1 heterocycles. The minimum absolute atomic E-state index is 0.0625. The minimum Gasteiger partial charge on any atom is -0.490 e. The molecule has 0 saturated heterocycles. The molecular formula is C26H36F3NO. The highest BCUT2D eigenvalue weighted by Gasteiger charge is 2.17. The Morgan fingerprint density at radius 2 is 1.58 bits per heavy atom. The third-order valence-electron chi connectivity index (χ3n) is 5.52. The summed E-state index contributed by atoms with van der Waals surface area (Å²) in [5.41, 5.74) is 1.34. The Balaban J connectivity index is 1.89. The molecule has 2 nitrogen and oxygen atoms in total. The predicted molar refractivity (Wildman–Crippen MR) is 121 cm³/mol. The summed E-state index contributed by atoms with van der Waals surface area (Å²) in [6.07, 6.45) is 10.9. The molecule has 0 spiro atoms. The number of rotatable bonds is 15. The summed E-state index contributed by atoms with van der Waals surface area (Å²) in [5.74, 6) is -2.00. The lowest BCUT2D eigenvalue weighted by Crippen LogP contribution is -2.03. The van der Waals surface area contributed by atoms with Crippen LogP contribution >= 0.6 is 0 Å². The molecule has 0 saturated carbocycles. The van der Waals surface area contributed by atoms with Gasteiger partial charge in [0.15, 0.2) is 11.6 Å². The molecule has 31 heavy (non-hydrogen) atoms. The Morgan fingerprint density at radius 1 is 0.839 bits per heavy atom. The third kappa shape index (κ3) is 8.54. The number of pyridine rings is 1. The van der Waals surface area contributed by atoms with E-state index in [0.29, 0.717) is 31.6 Å². The second kappa shape index (κ2) is 14.1. The van der Waals surface area contributed by atoms with Gasteiger partial charge in [0, 0.05) is 11.8 Å². The molecule has 2 aromatic rings. The Kier molecular flexibility index (Phi) is 11.5. The van der Waals surface area contributed by atoms with Crippen molar-refractivity contribution in [3.05, 3.63) is 47.7 Å². The van der Waals surface area contributed by atoms with Gasteiger partial charge >= 0.3 is 0 Å². The summed E-state index contributed by atoms with van der Waals surface area (Å²) < 4.78 is 48.3. The van der Waals surface area contributed by atoms with Crippen molar-refractivity contribution in [1.82, 2.24) is 4.98 Å². The van der Waals surface area contributed by atoms with Gasteiger partial charge in [-0.05, 0) is 49.4 Å². The average molecular weight is 436 g/mol. The molecule has 1 aromatic carbocycles. The highest BCUT2D eigenvalue weighted by molar-refractivity contribution is 5.61. The summed E-state index contributed by atoms with van der Waals surface area (Å²) in [7, 11) is 0. The monoisotopic (exact) mass is 435 g/mol. The zero-order valence-corrected chi connectivity index (χ0v) is 18.9. The van der Waals surface area contributed by atoms with Crippen LogP contribution in [-0.2, 0) is 6.42 Å². The summed E-state index contributed by atoms with van der Waals surface area (Å²) >= 11 is 0. The van der Waals surface area contributed by atoms with E-state index in [1.165, 1.54) is 31.4 Å². The molecule has 1 aromatic heterocycles. The first-order chi connectivity index (χ1) is 15.1. The fourth-order valence-corrected chi connectivity index (χ4v) is 3.53. The van der Waals surface area contributed by atoms with Crippen molar-refractivity contribution in [3.8, 4) is 17.0 Å². The Hall–Kier alpha value is -2.04. The second-order valence-electron chi connectivity index (χ2n) is 8.19. The first-order valence-corrected chi connectivity index (χ1v) is 11.8. The van der Waals surface area contributed by atoms with Crippen molar-refractivity contribution in [2.24, 2.45) is 0 Å². The Morgan fingerprint density at radius 3 is 2.29 bits per heavy atom. The molecule has 0 aliphatic carbocycles. The second-order valence-corrected chi connectivity index (χ2v) is 8.19. The number of hydrogen-bond acceptors (Lipinski definition) is 2. The maximum atomic E-state index is 14.6. The highest BCUT2D eigenvalue weighted by atomic mass is 19.2. The van der Waals surface area contributed by atoms with Gasteiger partial charge in [-0.15, -0.1) is 0 Å². The van der Waals surface area contributed by atoms with Crippen LogP contribution < -0.4 is 4.74 Å². The number of nitrogens with zero attached hydrogens (tertiary/aromatic N) is 1. The standard InChI is InChI=1S/C26H36F3NO/c1-3-5-7-8-9-10-18-31-24-17-15-22(25(28)26(24)29)23-16-13-20(19-30-23)12-14-21(27)11-6-4-2/h13,15-17,19,21H,3-12,14,18H2,1-2H3. The summed E-state index contributed by atoms with van der Waals surface area (Å²) in [6, 6.07) is 6.42. The van der Waals surface area contributed by atoms with E-state index in [2.05, 4.69) is 11.9 Å². The summed E-state index contributed by atoms with van der Waals surface area (Å²) in [5, 5.41) is 0. The van der Waals surface area contributed by atoms with E-state index in [1.54, 1.807) is 18.3 Å². The Labute approximate surface area is 185 Å². The number of halogens is 3. The number of alkyl halides is 1. The molecule has 0 bridgehead atoms. The van der Waals surface area contributed by atoms with Gasteiger partial charge in [0.25, 0.3) is 0 Å². The molecular weight excluding hydrogens is 399 g/mol. The van der Waals surface area contributed by atoms with Gasteiger partial charge in [-0.25, -0.2) is 8.78 Å². The van der Waals surface area contributed by atoms with Crippen LogP contribution in [0.3, 0.4) is 0 Å². The van der Waals surface area contributed by atoms with Gasteiger partial charge in [0.2, 0.25) is 5.82 Å². The molecule has 0 amide bonds. The SMILES string of the molecule is CCCCCCCCOc1ccc(-c2ccc(CCC(F)CCCC)cn2)c(F)c1F. The smallest absolute Gasteiger partial charge is 0.201 e. The molecule has 5 heteroatoms. The lowest BCUT2D eigenvalue weighted by atomic mass is 10.0. The number of benzene rings is 1. The maximum absolute atomic E-state index is 14.6. The molecule has 1 unspecified atom stereocenters. The number of aromatic nitrogens is 1. The molecule has 0 N–H and O–H groups in total. The number of unbranched alkanes of at least 4 members (excludes halogenated alkanes) is 6. The van der Waals surface area contributed by atoms with Crippen LogP contribution in [-0.4, -0.2) is 17.8 Å². The minimum atomic E-state index is -0.981. The van der Waals surface area contributed by atoms with Gasteiger partial charge in [-0.2, -0.15) is 4.39 Å². The van der Waals surface area contributed by atoms with Crippen LogP contribution in [0.5, 0.6) is 5.75 Å². The zero-order valence-electron chi connectivity index (χ0n) is 18.9. The molecule has 0 aliphatic rings. The van der Waals surface area contributed by atoms with Gasteiger partial charge in [0.1, 0.15) is 6.17 Å². The summed E-state index contributed by atoms with van der Waals surface area (Å²) in [4.78, 5) is 4.26. The fourth-order valence-electron chi connectivity index (χ4n) is 3.53. The molecule has 0 aliphatic heterocycles. The fraction of sp³-hybridized carbons (Fsp3) is 0.577. The maximum Gasteiger partial charge on any atom is 0.201 e. The third-order valence-corrected chi connectivity index (χ3v) is 5.52. The lowest BCUT2D eigenvalue weighted by Gasteiger charge is -2.11. The van der Waals surface area contributed by atoms with Crippen LogP contribution in [0.4, 0.5) is 13.2 Å². The van der Waals surface area contributed by atoms with E-state index >= 15 is 0 Å². The molecule has 0 radical (unpaired) electrons. The first-order valence-electron chi connectivity index (χ1n) is 11.8. The predicted octanol–water partition coefficient (Wildman–Crippen LogP) is 8.23. The van der Waals surface area contributed by atoms with E-state index in [0.717, 1.165) is 37.7 Å². The van der Waals surface area contributed by atoms with Gasteiger partial charge < -0.3 is 4.74 Å². The van der Waals surface area contributed by atoms with Gasteiger partial charge in [0.05, 0.1) is 12.3 Å². The zero-order chi connectivity index (χ0) is 22.5. The van der Waals surface area contributed by atoms with E-state index in [-0.39, 0.29) is 11.3 Å². The normalized spacial score (nSPS) is 12.2. The van der Waals surface area contributed by atoms with Crippen molar-refractivity contribution in [1.29, 1.82) is 0 Å². The van der Waals surface area contributed by atoms with E-state index in [1.807, 2.05) is 6.92 Å². The van der Waals surface area contributed by atoms with Crippen molar-refractivity contribution >= 4 is 0 Å². The molecule has 1 atom stereocenters. The Bertz CT molecular complexity index is 764. The molecule has 0 fully saturated rings. The van der Waals surface area contributed by atoms with Gasteiger partial charge in [-0.3, -0.25) is 4.98 Å². The lowest BCUT2D eigenvalue weighted by molar-refractivity contribution is 0.285. The van der Waals surface area contributed by atoms with E-state index in [4.69, 9.17) is 4.74 Å². The van der Waals surface area contributed by atoms with E-state index < -0.39 is 17.8 Å². The van der Waals surface area contributed by atoms with Crippen LogP contribution in [0.25, 0.3) is 11.3 Å². The quantitative estimate of drug-likeness (QED) is 0.263. The topological polar surface area (TPSA) is 22.1 Å². The first kappa shape index (κ1) is 25.2. The summed E-state index contributed by atoms with van der Waals surface area (Å²) in [6.45, 7) is 4.60. The number of aryl methyl sites for hydroxylation is 1. The van der Waals surface area contributed by atoms with Crippen molar-refractivity contribution in [2.45, 2.75) is 90.6 Å². The van der Waals surface area contributed by atoms with E-state index in [9.17, 15) is 13.2 Å². The van der Waals surface area contributed by atoms with Crippen LogP contribution in [0.15, 0.2) is 30.5 Å². The highest BCUT2D eigenvalue weighted by Crippen LogP contribution is 2.29.